The number of thioether (sulfide) groups is 1. The van der Waals surface area contributed by atoms with E-state index in [0.29, 0.717) is 30.0 Å². The van der Waals surface area contributed by atoms with Crippen molar-refractivity contribution >= 4 is 35.3 Å². The van der Waals surface area contributed by atoms with Gasteiger partial charge in [-0.15, -0.1) is 5.10 Å². The SMILES string of the molecule is CC(C)(C)C1CCC(N(C(=O)Nc2ccc(SC(F)(F)F)cc2)C2CCc3cc(C(=O)Nc4nn[nH]n4)ccc32)CC1. The lowest BCUT2D eigenvalue weighted by molar-refractivity contribution is -0.0328. The summed E-state index contributed by atoms with van der Waals surface area (Å²) in [6.07, 6.45) is 5.17. The molecule has 0 bridgehead atoms. The van der Waals surface area contributed by atoms with Crippen molar-refractivity contribution in [3.8, 4) is 0 Å². The van der Waals surface area contributed by atoms with E-state index >= 15 is 0 Å². The number of aromatic amines is 1. The lowest BCUT2D eigenvalue weighted by Crippen LogP contribution is -2.47. The molecule has 1 saturated carbocycles. The summed E-state index contributed by atoms with van der Waals surface area (Å²) < 4.78 is 38.3. The Kier molecular flexibility index (Phi) is 8.49. The Labute approximate surface area is 246 Å². The first kappa shape index (κ1) is 29.9. The van der Waals surface area contributed by atoms with Crippen LogP contribution in [0.4, 0.5) is 29.6 Å². The van der Waals surface area contributed by atoms with Crippen molar-refractivity contribution in [1.82, 2.24) is 25.5 Å². The van der Waals surface area contributed by atoms with Crippen molar-refractivity contribution in [2.24, 2.45) is 11.3 Å². The van der Waals surface area contributed by atoms with Gasteiger partial charge in [0.25, 0.3) is 11.9 Å². The maximum absolute atomic E-state index is 13.9. The minimum Gasteiger partial charge on any atom is -0.314 e. The highest BCUT2D eigenvalue weighted by molar-refractivity contribution is 8.00. The number of amides is 3. The fraction of sp³-hybridized carbons (Fsp3) is 0.483. The van der Waals surface area contributed by atoms with Crippen LogP contribution in [0.1, 0.15) is 80.4 Å². The molecule has 0 aliphatic heterocycles. The number of rotatable bonds is 6. The van der Waals surface area contributed by atoms with Crippen molar-refractivity contribution in [1.29, 1.82) is 0 Å². The summed E-state index contributed by atoms with van der Waals surface area (Å²) in [6, 6.07) is 10.7. The number of aryl methyl sites for hydroxylation is 1. The van der Waals surface area contributed by atoms with E-state index in [4.69, 9.17) is 0 Å². The number of carbonyl (C=O) groups is 2. The topological polar surface area (TPSA) is 116 Å². The van der Waals surface area contributed by atoms with E-state index in [0.717, 1.165) is 36.8 Å². The first-order valence-corrected chi connectivity index (χ1v) is 14.8. The maximum atomic E-state index is 13.9. The Morgan fingerprint density at radius 2 is 1.69 bits per heavy atom. The van der Waals surface area contributed by atoms with E-state index in [1.54, 1.807) is 6.07 Å². The molecule has 0 spiro atoms. The van der Waals surface area contributed by atoms with Crippen LogP contribution in [-0.4, -0.2) is 49.0 Å². The minimum atomic E-state index is -4.38. The fourth-order valence-electron chi connectivity index (χ4n) is 6.12. The predicted octanol–water partition coefficient (Wildman–Crippen LogP) is 7.19. The monoisotopic (exact) mass is 601 g/mol. The molecule has 224 valence electrons. The Balaban J connectivity index is 1.36. The van der Waals surface area contributed by atoms with Crippen LogP contribution in [0.3, 0.4) is 0 Å². The second-order valence-electron chi connectivity index (χ2n) is 11.9. The number of tetrazole rings is 1. The Morgan fingerprint density at radius 1 is 0.976 bits per heavy atom. The van der Waals surface area contributed by atoms with Gasteiger partial charge >= 0.3 is 11.5 Å². The van der Waals surface area contributed by atoms with E-state index < -0.39 is 5.51 Å². The number of hydrogen-bond donors (Lipinski definition) is 3. The minimum absolute atomic E-state index is 0.0147. The Bertz CT molecular complexity index is 1400. The molecule has 5 rings (SSSR count). The van der Waals surface area contributed by atoms with Gasteiger partial charge in [0, 0.05) is 22.2 Å². The molecule has 9 nitrogen and oxygen atoms in total. The molecule has 1 fully saturated rings. The molecule has 3 amide bonds. The van der Waals surface area contributed by atoms with Gasteiger partial charge in [-0.3, -0.25) is 10.1 Å². The number of anilines is 2. The number of hydrogen-bond acceptors (Lipinski definition) is 6. The smallest absolute Gasteiger partial charge is 0.314 e. The van der Waals surface area contributed by atoms with E-state index in [1.807, 2.05) is 17.0 Å². The molecule has 3 N–H and O–H groups in total. The lowest BCUT2D eigenvalue weighted by atomic mass is 9.71. The molecule has 1 unspecified atom stereocenters. The average molecular weight is 602 g/mol. The van der Waals surface area contributed by atoms with Gasteiger partial charge in [-0.1, -0.05) is 31.9 Å². The van der Waals surface area contributed by atoms with Crippen molar-refractivity contribution in [3.63, 3.8) is 0 Å². The molecule has 2 aromatic carbocycles. The highest BCUT2D eigenvalue weighted by atomic mass is 32.2. The lowest BCUT2D eigenvalue weighted by Gasteiger charge is -2.43. The zero-order valence-corrected chi connectivity index (χ0v) is 24.5. The number of nitrogens with zero attached hydrogens (tertiary/aromatic N) is 4. The number of halogens is 3. The van der Waals surface area contributed by atoms with Gasteiger partial charge in [0.2, 0.25) is 0 Å². The number of carbonyl (C=O) groups excluding carboxylic acids is 2. The van der Waals surface area contributed by atoms with Gasteiger partial charge < -0.3 is 10.2 Å². The van der Waals surface area contributed by atoms with Crippen LogP contribution < -0.4 is 10.6 Å². The van der Waals surface area contributed by atoms with Gasteiger partial charge in [-0.05, 0) is 114 Å². The van der Waals surface area contributed by atoms with Crippen molar-refractivity contribution in [2.45, 2.75) is 81.8 Å². The molecule has 1 heterocycles. The quantitative estimate of drug-likeness (QED) is 0.258. The van der Waals surface area contributed by atoms with Gasteiger partial charge in [0.05, 0.1) is 6.04 Å². The highest BCUT2D eigenvalue weighted by Gasteiger charge is 2.39. The third-order valence-corrected chi connectivity index (χ3v) is 8.99. The molecule has 1 aromatic heterocycles. The molecule has 0 saturated heterocycles. The summed E-state index contributed by atoms with van der Waals surface area (Å²) >= 11 is -0.187. The molecular formula is C29H34F3N7O2S. The summed E-state index contributed by atoms with van der Waals surface area (Å²) in [7, 11) is 0. The molecular weight excluding hydrogens is 567 g/mol. The van der Waals surface area contributed by atoms with Crippen LogP contribution in [0.25, 0.3) is 0 Å². The normalized spacial score (nSPS) is 20.6. The second kappa shape index (κ2) is 11.9. The van der Waals surface area contributed by atoms with Gasteiger partial charge in [0.15, 0.2) is 0 Å². The number of nitrogens with one attached hydrogen (secondary N) is 3. The standard InChI is InChI=1S/C29H34F3N7O2S/c1-28(2,3)19-6-10-21(11-7-19)39(27(41)33-20-8-12-22(13-9-20)42-29(30,31)32)24-15-5-17-16-18(4-14-23(17)24)25(40)34-26-35-37-38-36-26/h4,8-9,12-14,16,19,21,24H,5-7,10-11,15H2,1-3H3,(H,33,41)(H2,34,35,36,37,38,40). The summed E-state index contributed by atoms with van der Waals surface area (Å²) in [4.78, 5) is 28.6. The van der Waals surface area contributed by atoms with E-state index in [9.17, 15) is 22.8 Å². The van der Waals surface area contributed by atoms with Crippen LogP contribution in [0.15, 0.2) is 47.4 Å². The number of benzene rings is 2. The van der Waals surface area contributed by atoms with Gasteiger partial charge in [0.1, 0.15) is 0 Å². The summed E-state index contributed by atoms with van der Waals surface area (Å²) in [5.41, 5.74) is -1.31. The Hall–Kier alpha value is -3.61. The summed E-state index contributed by atoms with van der Waals surface area (Å²) in [6.45, 7) is 6.76. The fourth-order valence-corrected chi connectivity index (χ4v) is 6.66. The molecule has 13 heteroatoms. The number of urea groups is 1. The molecule has 2 aliphatic rings. The van der Waals surface area contributed by atoms with Gasteiger partial charge in [-0.2, -0.15) is 18.4 Å². The molecule has 0 radical (unpaired) electrons. The number of alkyl halides is 3. The Morgan fingerprint density at radius 3 is 2.31 bits per heavy atom. The number of fused-ring (bicyclic) bond motifs is 1. The van der Waals surface area contributed by atoms with Crippen LogP contribution in [0.5, 0.6) is 0 Å². The van der Waals surface area contributed by atoms with Crippen molar-refractivity contribution in [3.05, 3.63) is 59.2 Å². The predicted molar refractivity (Wildman–Crippen MR) is 154 cm³/mol. The number of aromatic nitrogens is 4. The third-order valence-electron chi connectivity index (χ3n) is 8.25. The van der Waals surface area contributed by atoms with Crippen LogP contribution >= 0.6 is 11.8 Å². The van der Waals surface area contributed by atoms with Crippen molar-refractivity contribution < 1.29 is 22.8 Å². The third kappa shape index (κ3) is 7.05. The van der Waals surface area contributed by atoms with E-state index in [-0.39, 0.29) is 52.0 Å². The molecule has 2 aliphatic carbocycles. The number of H-pyrrole nitrogens is 1. The van der Waals surface area contributed by atoms with Crippen LogP contribution in [0.2, 0.25) is 0 Å². The first-order valence-electron chi connectivity index (χ1n) is 14.0. The zero-order valence-electron chi connectivity index (χ0n) is 23.7. The zero-order chi connectivity index (χ0) is 30.1. The van der Waals surface area contributed by atoms with Crippen LogP contribution in [-0.2, 0) is 6.42 Å². The largest absolute Gasteiger partial charge is 0.446 e. The molecule has 42 heavy (non-hydrogen) atoms. The van der Waals surface area contributed by atoms with E-state index in [2.05, 4.69) is 52.0 Å². The highest BCUT2D eigenvalue weighted by Crippen LogP contribution is 2.44. The summed E-state index contributed by atoms with van der Waals surface area (Å²) in [5.74, 6) is 0.287. The van der Waals surface area contributed by atoms with Crippen molar-refractivity contribution in [2.75, 3.05) is 10.6 Å². The van der Waals surface area contributed by atoms with Crippen LogP contribution in [0, 0.1) is 11.3 Å². The first-order chi connectivity index (χ1) is 19.9. The van der Waals surface area contributed by atoms with Gasteiger partial charge in [-0.25, -0.2) is 4.79 Å². The molecule has 1 atom stereocenters. The van der Waals surface area contributed by atoms with E-state index in [1.165, 1.54) is 24.3 Å². The maximum Gasteiger partial charge on any atom is 0.446 e. The molecule has 3 aromatic rings. The average Bonchev–Trinajstić information content (AvgIpc) is 3.59. The summed E-state index contributed by atoms with van der Waals surface area (Å²) in [5, 5.41) is 18.8. The second-order valence-corrected chi connectivity index (χ2v) is 13.1.